The SMILES string of the molecule is CC(=O)c1ccc(NC(=O)CCc2c(C)[nH]n(-c3nc(-c4ccc(F)cc4)cs3)c2=O)cc1. The first-order valence-electron chi connectivity index (χ1n) is 10.2. The Morgan fingerprint density at radius 3 is 2.48 bits per heavy atom. The summed E-state index contributed by atoms with van der Waals surface area (Å²) in [6.45, 7) is 3.26. The minimum atomic E-state index is -0.327. The number of rotatable bonds is 7. The first kappa shape index (κ1) is 22.3. The smallest absolute Gasteiger partial charge is 0.276 e. The molecular formula is C24H21FN4O3S. The van der Waals surface area contributed by atoms with Crippen LogP contribution in [0.3, 0.4) is 0 Å². The highest BCUT2D eigenvalue weighted by Crippen LogP contribution is 2.24. The molecule has 9 heteroatoms. The molecule has 0 saturated carbocycles. The average molecular weight is 465 g/mol. The number of thiazole rings is 1. The van der Waals surface area contributed by atoms with Crippen LogP contribution in [0.15, 0.2) is 58.7 Å². The summed E-state index contributed by atoms with van der Waals surface area (Å²) in [6, 6.07) is 12.6. The van der Waals surface area contributed by atoms with Gasteiger partial charge in [0.2, 0.25) is 11.0 Å². The first-order chi connectivity index (χ1) is 15.8. The Kier molecular flexibility index (Phi) is 6.32. The summed E-state index contributed by atoms with van der Waals surface area (Å²) in [5.41, 5.74) is 3.47. The lowest BCUT2D eigenvalue weighted by molar-refractivity contribution is -0.116. The van der Waals surface area contributed by atoms with E-state index in [-0.39, 0.29) is 35.9 Å². The Balaban J connectivity index is 1.44. The van der Waals surface area contributed by atoms with E-state index < -0.39 is 0 Å². The molecule has 0 saturated heterocycles. The molecule has 0 unspecified atom stereocenters. The van der Waals surface area contributed by atoms with E-state index in [0.29, 0.717) is 33.3 Å². The Morgan fingerprint density at radius 1 is 1.12 bits per heavy atom. The molecule has 0 aliphatic rings. The third kappa shape index (κ3) is 4.98. The Morgan fingerprint density at radius 2 is 1.82 bits per heavy atom. The van der Waals surface area contributed by atoms with E-state index in [1.807, 2.05) is 0 Å². The molecule has 4 rings (SSSR count). The number of halogens is 1. The van der Waals surface area contributed by atoms with Crippen LogP contribution in [0.1, 0.15) is 35.0 Å². The molecule has 4 aromatic rings. The maximum atomic E-state index is 13.2. The number of hydrogen-bond acceptors (Lipinski definition) is 5. The van der Waals surface area contributed by atoms with Gasteiger partial charge in [0.25, 0.3) is 5.56 Å². The maximum absolute atomic E-state index is 13.2. The van der Waals surface area contributed by atoms with Crippen molar-refractivity contribution < 1.29 is 14.0 Å². The van der Waals surface area contributed by atoms with Gasteiger partial charge in [0.1, 0.15) is 5.82 Å². The van der Waals surface area contributed by atoms with Gasteiger partial charge < -0.3 is 5.32 Å². The number of aryl methyl sites for hydroxylation is 1. The zero-order valence-corrected chi connectivity index (χ0v) is 18.8. The molecule has 168 valence electrons. The van der Waals surface area contributed by atoms with Crippen LogP contribution in [0, 0.1) is 12.7 Å². The van der Waals surface area contributed by atoms with Crippen molar-refractivity contribution in [2.75, 3.05) is 5.32 Å². The highest BCUT2D eigenvalue weighted by Gasteiger charge is 2.16. The molecule has 0 radical (unpaired) electrons. The highest BCUT2D eigenvalue weighted by molar-refractivity contribution is 7.12. The van der Waals surface area contributed by atoms with Crippen molar-refractivity contribution in [1.82, 2.24) is 14.8 Å². The van der Waals surface area contributed by atoms with Gasteiger partial charge in [-0.2, -0.15) is 4.68 Å². The number of nitrogens with zero attached hydrogens (tertiary/aromatic N) is 2. The summed E-state index contributed by atoms with van der Waals surface area (Å²) in [5, 5.41) is 8.06. The van der Waals surface area contributed by atoms with Crippen LogP contribution in [0.2, 0.25) is 0 Å². The monoisotopic (exact) mass is 464 g/mol. The van der Waals surface area contributed by atoms with E-state index in [1.54, 1.807) is 48.7 Å². The number of nitrogens with one attached hydrogen (secondary N) is 2. The molecule has 0 aliphatic carbocycles. The Bertz CT molecular complexity index is 1370. The number of ketones is 1. The van der Waals surface area contributed by atoms with Crippen molar-refractivity contribution in [3.05, 3.63) is 86.9 Å². The molecule has 0 bridgehead atoms. The molecule has 33 heavy (non-hydrogen) atoms. The number of H-pyrrole nitrogens is 1. The summed E-state index contributed by atoms with van der Waals surface area (Å²) in [5.74, 6) is -0.603. The second-order valence-electron chi connectivity index (χ2n) is 7.56. The number of aromatic nitrogens is 3. The first-order valence-corrected chi connectivity index (χ1v) is 11.1. The van der Waals surface area contributed by atoms with E-state index >= 15 is 0 Å². The number of amides is 1. The van der Waals surface area contributed by atoms with Gasteiger partial charge in [-0.1, -0.05) is 0 Å². The summed E-state index contributed by atoms with van der Waals surface area (Å²) in [6.07, 6.45) is 0.392. The fourth-order valence-electron chi connectivity index (χ4n) is 3.38. The maximum Gasteiger partial charge on any atom is 0.276 e. The summed E-state index contributed by atoms with van der Waals surface area (Å²) in [7, 11) is 0. The fourth-order valence-corrected chi connectivity index (χ4v) is 4.17. The zero-order valence-electron chi connectivity index (χ0n) is 18.0. The Labute approximate surface area is 192 Å². The molecule has 1 amide bonds. The van der Waals surface area contributed by atoms with Crippen molar-refractivity contribution >= 4 is 28.7 Å². The van der Waals surface area contributed by atoms with Gasteiger partial charge in [0.05, 0.1) is 5.69 Å². The number of Topliss-reactive ketones (excluding diaryl/α,β-unsaturated/α-hetero) is 1. The molecule has 2 aromatic carbocycles. The van der Waals surface area contributed by atoms with E-state index in [1.165, 1.54) is 35.1 Å². The van der Waals surface area contributed by atoms with Crippen LogP contribution < -0.4 is 10.9 Å². The quantitative estimate of drug-likeness (QED) is 0.393. The van der Waals surface area contributed by atoms with Gasteiger partial charge >= 0.3 is 0 Å². The molecule has 0 spiro atoms. The summed E-state index contributed by atoms with van der Waals surface area (Å²) >= 11 is 1.29. The highest BCUT2D eigenvalue weighted by atomic mass is 32.1. The van der Waals surface area contributed by atoms with Crippen LogP contribution in [0.4, 0.5) is 10.1 Å². The predicted molar refractivity (Wildman–Crippen MR) is 126 cm³/mol. The van der Waals surface area contributed by atoms with Gasteiger partial charge in [-0.25, -0.2) is 9.37 Å². The second kappa shape index (κ2) is 9.33. The van der Waals surface area contributed by atoms with Gasteiger partial charge in [0, 0.05) is 39.9 Å². The zero-order chi connectivity index (χ0) is 23.5. The molecular weight excluding hydrogens is 443 g/mol. The third-order valence-corrected chi connectivity index (χ3v) is 6.02. The van der Waals surface area contributed by atoms with Crippen LogP contribution in [0.5, 0.6) is 0 Å². The summed E-state index contributed by atoms with van der Waals surface area (Å²) in [4.78, 5) is 41.1. The predicted octanol–water partition coefficient (Wildman–Crippen LogP) is 4.51. The fraction of sp³-hybridized carbons (Fsp3) is 0.167. The topological polar surface area (TPSA) is 96.8 Å². The lowest BCUT2D eigenvalue weighted by atomic mass is 10.1. The summed E-state index contributed by atoms with van der Waals surface area (Å²) < 4.78 is 14.5. The Hall–Kier alpha value is -3.85. The van der Waals surface area contributed by atoms with Crippen LogP contribution in [-0.2, 0) is 11.2 Å². The number of hydrogen-bond donors (Lipinski definition) is 2. The largest absolute Gasteiger partial charge is 0.326 e. The van der Waals surface area contributed by atoms with Crippen molar-refractivity contribution in [1.29, 1.82) is 0 Å². The normalized spacial score (nSPS) is 10.9. The van der Waals surface area contributed by atoms with Crippen molar-refractivity contribution in [3.8, 4) is 16.4 Å². The molecule has 2 aromatic heterocycles. The number of benzene rings is 2. The van der Waals surface area contributed by atoms with Gasteiger partial charge in [-0.3, -0.25) is 19.5 Å². The minimum absolute atomic E-state index is 0.0443. The van der Waals surface area contributed by atoms with Crippen molar-refractivity contribution in [3.63, 3.8) is 0 Å². The van der Waals surface area contributed by atoms with E-state index in [4.69, 9.17) is 0 Å². The van der Waals surface area contributed by atoms with Crippen molar-refractivity contribution in [2.24, 2.45) is 0 Å². The van der Waals surface area contributed by atoms with Gasteiger partial charge in [-0.05, 0) is 68.8 Å². The minimum Gasteiger partial charge on any atom is -0.326 e. The van der Waals surface area contributed by atoms with Gasteiger partial charge in [0.15, 0.2) is 5.78 Å². The average Bonchev–Trinajstić information content (AvgIpc) is 3.38. The van der Waals surface area contributed by atoms with Crippen molar-refractivity contribution in [2.45, 2.75) is 26.7 Å². The lowest BCUT2D eigenvalue weighted by Crippen LogP contribution is -2.19. The number of carbonyl (C=O) groups excluding carboxylic acids is 2. The van der Waals surface area contributed by atoms with Crippen LogP contribution in [0.25, 0.3) is 16.4 Å². The second-order valence-corrected chi connectivity index (χ2v) is 8.40. The molecule has 0 atom stereocenters. The lowest BCUT2D eigenvalue weighted by Gasteiger charge is -2.05. The number of anilines is 1. The molecule has 2 heterocycles. The van der Waals surface area contributed by atoms with Crippen LogP contribution in [-0.4, -0.2) is 26.5 Å². The standard InChI is InChI=1S/C24H21FN4O3S/c1-14-20(11-12-22(31)26-19-9-5-16(6-10-19)15(2)30)23(32)29(28-14)24-27-21(13-33-24)17-3-7-18(25)8-4-17/h3-10,13,28H,11-12H2,1-2H3,(H,26,31). The van der Waals surface area contributed by atoms with Gasteiger partial charge in [-0.15, -0.1) is 11.3 Å². The molecule has 7 nitrogen and oxygen atoms in total. The molecule has 0 aliphatic heterocycles. The number of aromatic amines is 1. The molecule has 2 N–H and O–H groups in total. The number of carbonyl (C=O) groups is 2. The van der Waals surface area contributed by atoms with E-state index in [0.717, 1.165) is 5.56 Å². The third-order valence-electron chi connectivity index (χ3n) is 5.19. The van der Waals surface area contributed by atoms with E-state index in [2.05, 4.69) is 15.4 Å². The van der Waals surface area contributed by atoms with E-state index in [9.17, 15) is 18.8 Å². The van der Waals surface area contributed by atoms with Crippen LogP contribution >= 0.6 is 11.3 Å². The molecule has 0 fully saturated rings.